The van der Waals surface area contributed by atoms with Gasteiger partial charge in [0.1, 0.15) is 16.9 Å². The van der Waals surface area contributed by atoms with Crippen molar-refractivity contribution >= 4 is 23.5 Å². The highest BCUT2D eigenvalue weighted by molar-refractivity contribution is 7.80. The molecule has 76 valence electrons. The van der Waals surface area contributed by atoms with Crippen LogP contribution in [-0.4, -0.2) is 41.0 Å². The van der Waals surface area contributed by atoms with Crippen LogP contribution >= 0.6 is 12.2 Å². The predicted molar refractivity (Wildman–Crippen MR) is 59.1 cm³/mol. The molecular formula is C10H13NO2S. The molecule has 0 bridgehead atoms. The molecule has 0 aromatic carbocycles. The zero-order valence-corrected chi connectivity index (χ0v) is 8.99. The van der Waals surface area contributed by atoms with E-state index in [0.717, 1.165) is 0 Å². The van der Waals surface area contributed by atoms with E-state index in [1.54, 1.807) is 43.3 Å². The van der Waals surface area contributed by atoms with Crippen LogP contribution in [0.15, 0.2) is 24.3 Å². The van der Waals surface area contributed by atoms with Crippen LogP contribution < -0.4 is 0 Å². The van der Waals surface area contributed by atoms with Gasteiger partial charge in [-0.2, -0.15) is 0 Å². The van der Waals surface area contributed by atoms with Crippen LogP contribution in [0.1, 0.15) is 0 Å². The summed E-state index contributed by atoms with van der Waals surface area (Å²) in [5, 5.41) is 10.2. The predicted octanol–water partition coefficient (Wildman–Crippen LogP) is 0.548. The number of nitrogens with zero attached hydrogens (tertiary/aromatic N) is 1. The van der Waals surface area contributed by atoms with Gasteiger partial charge in [0.2, 0.25) is 0 Å². The fourth-order valence-electron chi connectivity index (χ4n) is 1.37. The number of carbonyl (C=O) groups excluding carboxylic acids is 1. The molecule has 3 nitrogen and oxygen atoms in total. The van der Waals surface area contributed by atoms with Gasteiger partial charge in [-0.05, 0) is 6.08 Å². The summed E-state index contributed by atoms with van der Waals surface area (Å²) >= 11 is 5.09. The molecule has 1 aliphatic carbocycles. The van der Waals surface area contributed by atoms with E-state index in [1.807, 2.05) is 0 Å². The van der Waals surface area contributed by atoms with Crippen molar-refractivity contribution in [2.24, 2.45) is 5.92 Å². The fourth-order valence-corrected chi connectivity index (χ4v) is 1.57. The van der Waals surface area contributed by atoms with Crippen molar-refractivity contribution in [1.29, 1.82) is 0 Å². The van der Waals surface area contributed by atoms with Crippen molar-refractivity contribution in [3.05, 3.63) is 24.3 Å². The first-order valence-corrected chi connectivity index (χ1v) is 4.68. The maximum atomic E-state index is 10.8. The van der Waals surface area contributed by atoms with Crippen LogP contribution in [0.4, 0.5) is 0 Å². The van der Waals surface area contributed by atoms with E-state index in [0.29, 0.717) is 11.3 Å². The summed E-state index contributed by atoms with van der Waals surface area (Å²) < 4.78 is 0. The Hall–Kier alpha value is -1.00. The zero-order chi connectivity index (χ0) is 10.8. The molecule has 1 rings (SSSR count). The van der Waals surface area contributed by atoms with Gasteiger partial charge < -0.3 is 14.8 Å². The number of thiocarbonyl (C=S) groups is 1. The monoisotopic (exact) mass is 211 g/mol. The molecule has 4 heteroatoms. The average Bonchev–Trinajstić information content (AvgIpc) is 2.17. The summed E-state index contributed by atoms with van der Waals surface area (Å²) in [5.74, 6) is -0.595. The number of allylic oxidation sites excluding steroid dienone is 2. The number of rotatable bonds is 2. The molecule has 2 atom stereocenters. The molecule has 0 spiro atoms. The van der Waals surface area contributed by atoms with Gasteiger partial charge >= 0.3 is 0 Å². The number of aldehydes is 1. The van der Waals surface area contributed by atoms with E-state index >= 15 is 0 Å². The Morgan fingerprint density at radius 1 is 1.57 bits per heavy atom. The summed E-state index contributed by atoms with van der Waals surface area (Å²) in [6.07, 6.45) is 7.31. The molecular weight excluding hydrogens is 198 g/mol. The molecule has 0 aromatic rings. The number of hydrogen-bond acceptors (Lipinski definition) is 3. The molecule has 14 heavy (non-hydrogen) atoms. The second kappa shape index (κ2) is 4.02. The summed E-state index contributed by atoms with van der Waals surface area (Å²) in [7, 11) is 3.49. The topological polar surface area (TPSA) is 40.5 Å². The molecule has 0 heterocycles. The van der Waals surface area contributed by atoms with Crippen molar-refractivity contribution < 1.29 is 9.90 Å². The molecule has 0 aromatic heterocycles. The average molecular weight is 211 g/mol. The van der Waals surface area contributed by atoms with Crippen LogP contribution in [0.3, 0.4) is 0 Å². The maximum absolute atomic E-state index is 10.8. The largest absolute Gasteiger partial charge is 0.377 e. The Labute approximate surface area is 88.7 Å². The molecule has 0 saturated heterocycles. The van der Waals surface area contributed by atoms with Crippen LogP contribution in [0.5, 0.6) is 0 Å². The Morgan fingerprint density at radius 2 is 2.21 bits per heavy atom. The van der Waals surface area contributed by atoms with Gasteiger partial charge in [0.25, 0.3) is 0 Å². The number of likely N-dealkylation sites (N-methyl/N-ethyl adjacent to an activating group) is 1. The normalized spacial score (nSPS) is 30.1. The van der Waals surface area contributed by atoms with E-state index in [2.05, 4.69) is 0 Å². The van der Waals surface area contributed by atoms with E-state index in [-0.39, 0.29) is 0 Å². The highest BCUT2D eigenvalue weighted by atomic mass is 32.1. The Balaban J connectivity index is 3.02. The van der Waals surface area contributed by atoms with Gasteiger partial charge in [-0.3, -0.25) is 0 Å². The highest BCUT2D eigenvalue weighted by Gasteiger charge is 2.39. The molecule has 0 saturated carbocycles. The van der Waals surface area contributed by atoms with Crippen molar-refractivity contribution in [2.75, 3.05) is 14.1 Å². The third-order valence-electron chi connectivity index (χ3n) is 2.18. The van der Waals surface area contributed by atoms with E-state index in [1.165, 1.54) is 0 Å². The summed E-state index contributed by atoms with van der Waals surface area (Å²) in [6, 6.07) is 0. The molecule has 1 N–H and O–H groups in total. The Bertz CT molecular complexity index is 309. The van der Waals surface area contributed by atoms with Gasteiger partial charge in [-0.25, -0.2) is 0 Å². The first-order valence-electron chi connectivity index (χ1n) is 4.28. The van der Waals surface area contributed by atoms with Crippen molar-refractivity contribution in [3.63, 3.8) is 0 Å². The van der Waals surface area contributed by atoms with Gasteiger partial charge in [-0.1, -0.05) is 30.4 Å². The lowest BCUT2D eigenvalue weighted by Crippen LogP contribution is -2.49. The SMILES string of the molecule is CN(C)C(=S)C1(O)C=CC=CC1C=O. The number of carbonyl (C=O) groups is 1. The lowest BCUT2D eigenvalue weighted by Gasteiger charge is -2.34. The van der Waals surface area contributed by atoms with Gasteiger partial charge in [0, 0.05) is 14.1 Å². The highest BCUT2D eigenvalue weighted by Crippen LogP contribution is 2.25. The molecule has 0 fully saturated rings. The molecule has 2 unspecified atom stereocenters. The third kappa shape index (κ3) is 1.76. The second-order valence-corrected chi connectivity index (χ2v) is 3.82. The maximum Gasteiger partial charge on any atom is 0.146 e. The van der Waals surface area contributed by atoms with Crippen LogP contribution in [0.25, 0.3) is 0 Å². The van der Waals surface area contributed by atoms with Crippen LogP contribution in [0, 0.1) is 5.92 Å². The van der Waals surface area contributed by atoms with Gasteiger partial charge in [-0.15, -0.1) is 0 Å². The zero-order valence-electron chi connectivity index (χ0n) is 8.18. The Kier molecular flexibility index (Phi) is 3.18. The lowest BCUT2D eigenvalue weighted by atomic mass is 9.84. The van der Waals surface area contributed by atoms with Crippen LogP contribution in [0.2, 0.25) is 0 Å². The second-order valence-electron chi connectivity index (χ2n) is 3.43. The number of hydrogen-bond donors (Lipinski definition) is 1. The van der Waals surface area contributed by atoms with Crippen molar-refractivity contribution in [3.8, 4) is 0 Å². The van der Waals surface area contributed by atoms with E-state index in [9.17, 15) is 9.90 Å². The van der Waals surface area contributed by atoms with Crippen molar-refractivity contribution in [2.45, 2.75) is 5.60 Å². The smallest absolute Gasteiger partial charge is 0.146 e. The number of aliphatic hydroxyl groups is 1. The summed E-state index contributed by atoms with van der Waals surface area (Å²) in [6.45, 7) is 0. The Morgan fingerprint density at radius 3 is 2.71 bits per heavy atom. The van der Waals surface area contributed by atoms with Crippen LogP contribution in [-0.2, 0) is 4.79 Å². The lowest BCUT2D eigenvalue weighted by molar-refractivity contribution is -0.113. The standard InChI is InChI=1S/C10H13NO2S/c1-11(2)9(14)10(13)6-4-3-5-8(10)7-12/h3-8,13H,1-2H3. The minimum absolute atomic E-state index is 0.343. The van der Waals surface area contributed by atoms with Gasteiger partial charge in [0.15, 0.2) is 0 Å². The molecule has 0 aliphatic heterocycles. The van der Waals surface area contributed by atoms with Crippen molar-refractivity contribution in [1.82, 2.24) is 4.90 Å². The molecule has 1 aliphatic rings. The first kappa shape index (κ1) is 11.1. The quantitative estimate of drug-likeness (QED) is 0.535. The summed E-state index contributed by atoms with van der Waals surface area (Å²) in [5.41, 5.74) is -1.35. The molecule has 0 radical (unpaired) electrons. The third-order valence-corrected chi connectivity index (χ3v) is 2.88. The minimum Gasteiger partial charge on any atom is -0.377 e. The minimum atomic E-state index is -1.35. The summed E-state index contributed by atoms with van der Waals surface area (Å²) in [4.78, 5) is 12.8. The van der Waals surface area contributed by atoms with E-state index < -0.39 is 11.5 Å². The molecule has 0 amide bonds. The first-order chi connectivity index (χ1) is 6.52. The van der Waals surface area contributed by atoms with Gasteiger partial charge in [0.05, 0.1) is 5.92 Å². The van der Waals surface area contributed by atoms with E-state index in [4.69, 9.17) is 12.2 Å². The fraction of sp³-hybridized carbons (Fsp3) is 0.400.